The van der Waals surface area contributed by atoms with E-state index in [1.165, 1.54) is 22.0 Å². The highest BCUT2D eigenvalue weighted by atomic mass is 31.1. The van der Waals surface area contributed by atoms with Crippen LogP contribution in [0.25, 0.3) is 0 Å². The maximum atomic E-state index is 3.80. The van der Waals surface area contributed by atoms with Gasteiger partial charge >= 0.3 is 0 Å². The Morgan fingerprint density at radius 1 is 0.840 bits per heavy atom. The summed E-state index contributed by atoms with van der Waals surface area (Å²) < 4.78 is 2.92. The summed E-state index contributed by atoms with van der Waals surface area (Å²) in [5.41, 5.74) is 8.01. The van der Waals surface area contributed by atoms with Gasteiger partial charge in [-0.2, -0.15) is 0 Å². The molecule has 0 saturated carbocycles. The first-order valence-corrected chi connectivity index (χ1v) is 17.4. The fourth-order valence-corrected chi connectivity index (χ4v) is 18.9. The number of hydrogen-bond donors (Lipinski definition) is 0. The molecule has 25 heavy (non-hydrogen) atoms. The largest absolute Gasteiger partial charge is 0.311 e. The molecule has 0 bridgehead atoms. The zero-order chi connectivity index (χ0) is 19.8. The van der Waals surface area contributed by atoms with Crippen molar-refractivity contribution in [3.63, 3.8) is 0 Å². The first-order valence-electron chi connectivity index (χ1n) is 9.25. The van der Waals surface area contributed by atoms with Crippen LogP contribution in [0.3, 0.4) is 0 Å². The van der Waals surface area contributed by atoms with Crippen molar-refractivity contribution < 1.29 is 0 Å². The first-order chi connectivity index (χ1) is 11.0. The highest BCUT2D eigenvalue weighted by molar-refractivity contribution is 7.72. The van der Waals surface area contributed by atoms with E-state index in [1.54, 1.807) is 0 Å². The Morgan fingerprint density at radius 2 is 1.24 bits per heavy atom. The molecule has 0 aliphatic carbocycles. The van der Waals surface area contributed by atoms with Gasteiger partial charge in [0, 0.05) is 10.7 Å². The van der Waals surface area contributed by atoms with Gasteiger partial charge in [-0.05, 0) is 52.7 Å². The van der Waals surface area contributed by atoms with Crippen LogP contribution in [0.1, 0.15) is 37.5 Å². The van der Waals surface area contributed by atoms with E-state index in [0.29, 0.717) is 0 Å². The third-order valence-corrected chi connectivity index (χ3v) is 17.1. The molecule has 1 unspecified atom stereocenters. The fourth-order valence-electron chi connectivity index (χ4n) is 3.54. The molecule has 140 valence electrons. The molecule has 0 radical (unpaired) electrons. The number of rotatable bonds is 4. The molecule has 0 N–H and O–H groups in total. The predicted molar refractivity (Wildman–Crippen MR) is 123 cm³/mol. The van der Waals surface area contributed by atoms with Crippen LogP contribution in [0.5, 0.6) is 0 Å². The summed E-state index contributed by atoms with van der Waals surface area (Å²) >= 11 is 0. The molecule has 1 aromatic rings. The van der Waals surface area contributed by atoms with Gasteiger partial charge in [0.1, 0.15) is 16.5 Å². The van der Waals surface area contributed by atoms with E-state index < -0.39 is 24.5 Å². The molecule has 0 spiro atoms. The van der Waals surface area contributed by atoms with Crippen molar-refractivity contribution in [1.82, 2.24) is 4.00 Å². The molecule has 0 aliphatic heterocycles. The van der Waals surface area contributed by atoms with Crippen LogP contribution >= 0.6 is 8.07 Å². The number of hydrogen-bond acceptors (Lipinski definition) is 1. The van der Waals surface area contributed by atoms with Crippen molar-refractivity contribution in [2.45, 2.75) is 80.8 Å². The molecule has 1 atom stereocenters. The van der Waals surface area contributed by atoms with Crippen LogP contribution in [0.15, 0.2) is 12.1 Å². The van der Waals surface area contributed by atoms with Gasteiger partial charge in [-0.15, -0.1) is 0 Å². The van der Waals surface area contributed by atoms with Crippen molar-refractivity contribution in [2.75, 3.05) is 0 Å². The minimum absolute atomic E-state index is 0.0393. The Bertz CT molecular complexity index is 642. The number of benzene rings is 1. The average molecular weight is 392 g/mol. The van der Waals surface area contributed by atoms with Gasteiger partial charge < -0.3 is 4.00 Å². The quantitative estimate of drug-likeness (QED) is 0.317. The molecule has 4 heteroatoms. The molecule has 1 rings (SSSR count). The van der Waals surface area contributed by atoms with Crippen molar-refractivity contribution in [2.24, 2.45) is 5.41 Å². The van der Waals surface area contributed by atoms with Crippen molar-refractivity contribution in [3.8, 4) is 11.6 Å². The predicted octanol–water partition coefficient (Wildman–Crippen LogP) is 6.61. The van der Waals surface area contributed by atoms with Crippen LogP contribution in [0, 0.1) is 37.8 Å². The maximum absolute atomic E-state index is 3.80. The van der Waals surface area contributed by atoms with E-state index in [2.05, 4.69) is 109 Å². The summed E-state index contributed by atoms with van der Waals surface area (Å²) in [4.78, 5) is 0. The molecular formula is C21H38NPSi2. The van der Waals surface area contributed by atoms with Crippen LogP contribution in [-0.2, 0) is 0 Å². The molecule has 0 saturated heterocycles. The third-order valence-electron chi connectivity index (χ3n) is 3.85. The number of aryl methyl sites for hydroxylation is 3. The second kappa shape index (κ2) is 7.69. The van der Waals surface area contributed by atoms with E-state index in [0.717, 1.165) is 0 Å². The van der Waals surface area contributed by atoms with Crippen LogP contribution in [0.4, 0.5) is 0 Å². The first kappa shape index (κ1) is 22.6. The lowest BCUT2D eigenvalue weighted by atomic mass is 9.99. The zero-order valence-corrected chi connectivity index (χ0v) is 21.4. The van der Waals surface area contributed by atoms with E-state index in [9.17, 15) is 0 Å². The van der Waals surface area contributed by atoms with E-state index in [1.807, 2.05) is 0 Å². The van der Waals surface area contributed by atoms with Crippen molar-refractivity contribution in [1.29, 1.82) is 0 Å². The smallest absolute Gasteiger partial charge is 0.117 e. The van der Waals surface area contributed by atoms with Gasteiger partial charge in [-0.25, -0.2) is 0 Å². The van der Waals surface area contributed by atoms with E-state index >= 15 is 0 Å². The third kappa shape index (κ3) is 6.36. The Balaban J connectivity index is 3.74. The lowest BCUT2D eigenvalue weighted by Crippen LogP contribution is -2.56. The summed E-state index contributed by atoms with van der Waals surface area (Å²) in [6.07, 6.45) is 0. The standard InChI is InChI=1S/C21H38NPSi2/c1-17-15-18(2)20(19(3)16-17)23(14-13-21(4,5)6)22(24(7,8)9)25(10,11)12/h15-16H,1-12H3. The van der Waals surface area contributed by atoms with Gasteiger partial charge in [0.15, 0.2) is 0 Å². The summed E-state index contributed by atoms with van der Waals surface area (Å²) in [5, 5.41) is 1.50. The van der Waals surface area contributed by atoms with Gasteiger partial charge in [0.2, 0.25) is 0 Å². The molecule has 0 aliphatic rings. The highest BCUT2D eigenvalue weighted by Crippen LogP contribution is 2.47. The lowest BCUT2D eigenvalue weighted by molar-refractivity contribution is 0.571. The topological polar surface area (TPSA) is 3.24 Å². The average Bonchev–Trinajstić information content (AvgIpc) is 2.29. The number of nitrogens with zero attached hydrogens (tertiary/aromatic N) is 1. The highest BCUT2D eigenvalue weighted by Gasteiger charge is 2.40. The van der Waals surface area contributed by atoms with Gasteiger partial charge in [-0.1, -0.05) is 68.6 Å². The van der Waals surface area contributed by atoms with Crippen LogP contribution < -0.4 is 5.30 Å². The van der Waals surface area contributed by atoms with E-state index in [4.69, 9.17) is 0 Å². The zero-order valence-electron chi connectivity index (χ0n) is 18.5. The minimum atomic E-state index is -1.50. The van der Waals surface area contributed by atoms with Crippen LogP contribution in [0.2, 0.25) is 39.3 Å². The van der Waals surface area contributed by atoms with Gasteiger partial charge in [0.25, 0.3) is 0 Å². The molecule has 1 aromatic carbocycles. The summed E-state index contributed by atoms with van der Waals surface area (Å²) in [6, 6.07) is 4.67. The van der Waals surface area contributed by atoms with Gasteiger partial charge in [-0.3, -0.25) is 0 Å². The van der Waals surface area contributed by atoms with Crippen molar-refractivity contribution >= 4 is 29.8 Å². The SMILES string of the molecule is Cc1cc(C)c(P(C#CC(C)(C)C)N([Si](C)(C)C)[Si](C)(C)C)c(C)c1. The molecule has 0 aromatic heterocycles. The van der Waals surface area contributed by atoms with Crippen LogP contribution in [-0.4, -0.2) is 20.5 Å². The van der Waals surface area contributed by atoms with Gasteiger partial charge in [0.05, 0.1) is 8.07 Å². The Kier molecular flexibility index (Phi) is 6.96. The monoisotopic (exact) mass is 391 g/mol. The molecule has 1 nitrogen and oxygen atoms in total. The molecule has 0 fully saturated rings. The Labute approximate surface area is 160 Å². The lowest BCUT2D eigenvalue weighted by Gasteiger charge is -2.47. The fraction of sp³-hybridized carbons (Fsp3) is 0.619. The second-order valence-electron chi connectivity index (χ2n) is 10.2. The second-order valence-corrected chi connectivity index (χ2v) is 22.7. The molecule has 0 heterocycles. The summed E-state index contributed by atoms with van der Waals surface area (Å²) in [6.45, 7) is 28.3. The molecule has 0 amide bonds. The maximum Gasteiger partial charge on any atom is 0.117 e. The molecular weight excluding hydrogens is 353 g/mol. The van der Waals surface area contributed by atoms with Crippen molar-refractivity contribution in [3.05, 3.63) is 28.8 Å². The Morgan fingerprint density at radius 3 is 1.56 bits per heavy atom. The van der Waals surface area contributed by atoms with E-state index in [-0.39, 0.29) is 5.41 Å². The summed E-state index contributed by atoms with van der Waals surface area (Å²) in [7, 11) is -3.62. The normalized spacial score (nSPS) is 14.3. The minimum Gasteiger partial charge on any atom is -0.311 e. The summed E-state index contributed by atoms with van der Waals surface area (Å²) in [5.74, 6) is 3.60. The Hall–Kier alpha value is -0.396.